The van der Waals surface area contributed by atoms with Crippen LogP contribution in [0.2, 0.25) is 0 Å². The van der Waals surface area contributed by atoms with E-state index in [2.05, 4.69) is 51.6 Å². The maximum absolute atomic E-state index is 12.6. The van der Waals surface area contributed by atoms with Crippen LogP contribution in [0.25, 0.3) is 0 Å². The van der Waals surface area contributed by atoms with Crippen molar-refractivity contribution in [2.45, 2.75) is 38.8 Å². The average molecular weight is 396 g/mol. The number of benzene rings is 1. The molecule has 138 valence electrons. The van der Waals surface area contributed by atoms with Crippen molar-refractivity contribution in [2.75, 3.05) is 11.9 Å². The summed E-state index contributed by atoms with van der Waals surface area (Å²) in [7, 11) is 0. The van der Waals surface area contributed by atoms with Crippen LogP contribution in [-0.2, 0) is 32.4 Å². The number of thiazole rings is 1. The molecule has 1 aliphatic carbocycles. The predicted octanol–water partition coefficient (Wildman–Crippen LogP) is 4.50. The molecule has 0 spiro atoms. The molecule has 2 aliphatic rings. The van der Waals surface area contributed by atoms with Crippen LogP contribution in [0.4, 0.5) is 5.13 Å². The number of hydrogen-bond donors (Lipinski definition) is 1. The molecule has 1 amide bonds. The van der Waals surface area contributed by atoms with Crippen molar-refractivity contribution in [1.29, 1.82) is 0 Å². The summed E-state index contributed by atoms with van der Waals surface area (Å²) < 4.78 is 0. The quantitative estimate of drug-likeness (QED) is 0.707. The van der Waals surface area contributed by atoms with E-state index in [1.165, 1.54) is 27.3 Å². The number of thiophene rings is 1. The molecule has 0 bridgehead atoms. The summed E-state index contributed by atoms with van der Waals surface area (Å²) >= 11 is 3.27. The second kappa shape index (κ2) is 7.19. The normalized spacial score (nSPS) is 16.1. The molecule has 0 fully saturated rings. The van der Waals surface area contributed by atoms with Crippen LogP contribution < -0.4 is 5.32 Å². The van der Waals surface area contributed by atoms with Crippen molar-refractivity contribution in [2.24, 2.45) is 0 Å². The summed E-state index contributed by atoms with van der Waals surface area (Å²) in [6.07, 6.45) is 4.40. The number of hydrogen-bond acceptors (Lipinski definition) is 5. The standard InChI is InChI=1S/C21H21N3OS2/c25-20(18-11-15-7-4-8-17(15)26-18)23-21-22-16-9-10-24(13-19(16)27-21)12-14-5-2-1-3-6-14/h1-3,5-6,11H,4,7-10,12-13H2,(H,22,23,25). The van der Waals surface area contributed by atoms with Gasteiger partial charge in [0, 0.05) is 35.8 Å². The number of fused-ring (bicyclic) bond motifs is 2. The molecular weight excluding hydrogens is 374 g/mol. The lowest BCUT2D eigenvalue weighted by Crippen LogP contribution is -2.29. The minimum atomic E-state index is -0.0124. The maximum atomic E-state index is 12.6. The van der Waals surface area contributed by atoms with E-state index < -0.39 is 0 Å². The summed E-state index contributed by atoms with van der Waals surface area (Å²) in [4.78, 5) is 23.2. The number of amides is 1. The molecule has 0 radical (unpaired) electrons. The molecule has 3 aromatic rings. The molecule has 3 heterocycles. The van der Waals surface area contributed by atoms with E-state index in [0.717, 1.165) is 54.6 Å². The highest BCUT2D eigenvalue weighted by Gasteiger charge is 2.23. The van der Waals surface area contributed by atoms with Crippen molar-refractivity contribution >= 4 is 33.7 Å². The minimum Gasteiger partial charge on any atom is -0.297 e. The predicted molar refractivity (Wildman–Crippen MR) is 111 cm³/mol. The zero-order valence-corrected chi connectivity index (χ0v) is 16.7. The van der Waals surface area contributed by atoms with Crippen LogP contribution in [0.1, 0.15) is 42.7 Å². The molecular formula is C21H21N3OS2. The van der Waals surface area contributed by atoms with Crippen molar-refractivity contribution in [1.82, 2.24) is 9.88 Å². The van der Waals surface area contributed by atoms with Gasteiger partial charge in [-0.05, 0) is 36.5 Å². The van der Waals surface area contributed by atoms with Crippen LogP contribution >= 0.6 is 22.7 Å². The number of nitrogens with one attached hydrogen (secondary N) is 1. The number of aryl methyl sites for hydroxylation is 2. The Hall–Kier alpha value is -2.02. The zero-order chi connectivity index (χ0) is 18.2. The number of nitrogens with zero attached hydrogens (tertiary/aromatic N) is 2. The van der Waals surface area contributed by atoms with E-state index in [9.17, 15) is 4.79 Å². The Morgan fingerprint density at radius 3 is 2.85 bits per heavy atom. The summed E-state index contributed by atoms with van der Waals surface area (Å²) in [5.41, 5.74) is 3.85. The number of carbonyl (C=O) groups is 1. The molecule has 0 atom stereocenters. The van der Waals surface area contributed by atoms with Gasteiger partial charge in [-0.2, -0.15) is 0 Å². The molecule has 0 saturated carbocycles. The molecule has 4 nitrogen and oxygen atoms in total. The number of aromatic nitrogens is 1. The lowest BCUT2D eigenvalue weighted by atomic mass is 10.1. The molecule has 0 unspecified atom stereocenters. The molecule has 0 saturated heterocycles. The van der Waals surface area contributed by atoms with Gasteiger partial charge in [-0.3, -0.25) is 15.0 Å². The molecule has 1 N–H and O–H groups in total. The van der Waals surface area contributed by atoms with E-state index in [1.807, 2.05) is 0 Å². The molecule has 5 rings (SSSR count). The first-order valence-corrected chi connectivity index (χ1v) is 11.1. The van der Waals surface area contributed by atoms with Gasteiger partial charge in [0.1, 0.15) is 0 Å². The van der Waals surface area contributed by atoms with Gasteiger partial charge in [0.2, 0.25) is 0 Å². The van der Waals surface area contributed by atoms with Crippen LogP contribution in [0, 0.1) is 0 Å². The van der Waals surface area contributed by atoms with E-state index >= 15 is 0 Å². The molecule has 27 heavy (non-hydrogen) atoms. The van der Waals surface area contributed by atoms with Crippen molar-refractivity contribution in [3.05, 3.63) is 67.9 Å². The van der Waals surface area contributed by atoms with Gasteiger partial charge in [-0.1, -0.05) is 30.3 Å². The van der Waals surface area contributed by atoms with Gasteiger partial charge in [-0.15, -0.1) is 22.7 Å². The summed E-state index contributed by atoms with van der Waals surface area (Å²) in [6, 6.07) is 12.6. The van der Waals surface area contributed by atoms with Crippen LogP contribution in [0.15, 0.2) is 36.4 Å². The molecule has 2 aromatic heterocycles. The number of rotatable bonds is 4. The topological polar surface area (TPSA) is 45.2 Å². The summed E-state index contributed by atoms with van der Waals surface area (Å²) in [5, 5.41) is 3.77. The third-order valence-electron chi connectivity index (χ3n) is 5.25. The van der Waals surface area contributed by atoms with Gasteiger partial charge in [0.25, 0.3) is 5.91 Å². The fourth-order valence-corrected chi connectivity index (χ4v) is 6.07. The second-order valence-electron chi connectivity index (χ2n) is 7.20. The van der Waals surface area contributed by atoms with Crippen molar-refractivity contribution < 1.29 is 4.79 Å². The first-order valence-electron chi connectivity index (χ1n) is 9.42. The Morgan fingerprint density at radius 1 is 1.11 bits per heavy atom. The van der Waals surface area contributed by atoms with Gasteiger partial charge < -0.3 is 0 Å². The number of anilines is 1. The van der Waals surface area contributed by atoms with Crippen molar-refractivity contribution in [3.8, 4) is 0 Å². The van der Waals surface area contributed by atoms with E-state index in [1.54, 1.807) is 22.7 Å². The van der Waals surface area contributed by atoms with Gasteiger partial charge in [0.05, 0.1) is 10.6 Å². The Kier molecular flexibility index (Phi) is 4.55. The van der Waals surface area contributed by atoms with E-state index in [4.69, 9.17) is 0 Å². The monoisotopic (exact) mass is 395 g/mol. The zero-order valence-electron chi connectivity index (χ0n) is 15.0. The summed E-state index contributed by atoms with van der Waals surface area (Å²) in [5.74, 6) is -0.0124. The molecule has 6 heteroatoms. The molecule has 1 aliphatic heterocycles. The molecule has 1 aromatic carbocycles. The smallest absolute Gasteiger partial charge is 0.267 e. The Labute approximate surface area is 166 Å². The van der Waals surface area contributed by atoms with Crippen LogP contribution in [-0.4, -0.2) is 22.3 Å². The second-order valence-corrected chi connectivity index (χ2v) is 9.42. The van der Waals surface area contributed by atoms with Crippen LogP contribution in [0.5, 0.6) is 0 Å². The highest BCUT2D eigenvalue weighted by atomic mass is 32.1. The van der Waals surface area contributed by atoms with Gasteiger partial charge in [0.15, 0.2) is 5.13 Å². The van der Waals surface area contributed by atoms with E-state index in [-0.39, 0.29) is 5.91 Å². The highest BCUT2D eigenvalue weighted by molar-refractivity contribution is 7.16. The average Bonchev–Trinajstić information content (AvgIpc) is 3.36. The maximum Gasteiger partial charge on any atom is 0.267 e. The largest absolute Gasteiger partial charge is 0.297 e. The van der Waals surface area contributed by atoms with Gasteiger partial charge >= 0.3 is 0 Å². The van der Waals surface area contributed by atoms with Gasteiger partial charge in [-0.25, -0.2) is 4.98 Å². The Morgan fingerprint density at radius 2 is 2.00 bits per heavy atom. The number of carbonyl (C=O) groups excluding carboxylic acids is 1. The lowest BCUT2D eigenvalue weighted by Gasteiger charge is -2.25. The Balaban J connectivity index is 1.26. The third kappa shape index (κ3) is 3.57. The minimum absolute atomic E-state index is 0.0124. The van der Waals surface area contributed by atoms with Crippen molar-refractivity contribution in [3.63, 3.8) is 0 Å². The van der Waals surface area contributed by atoms with E-state index in [0.29, 0.717) is 0 Å². The first kappa shape index (κ1) is 17.1. The lowest BCUT2D eigenvalue weighted by molar-refractivity contribution is 0.103. The van der Waals surface area contributed by atoms with Crippen LogP contribution in [0.3, 0.4) is 0 Å². The summed E-state index contributed by atoms with van der Waals surface area (Å²) in [6.45, 7) is 2.88. The third-order valence-corrected chi connectivity index (χ3v) is 7.48. The fraction of sp³-hybridized carbons (Fsp3) is 0.333. The Bertz CT molecular complexity index is 955. The first-order chi connectivity index (χ1) is 13.2. The fourth-order valence-electron chi connectivity index (χ4n) is 3.88. The SMILES string of the molecule is O=C(Nc1nc2c(s1)CN(Cc1ccccc1)CC2)c1cc2c(s1)CCC2. The highest BCUT2D eigenvalue weighted by Crippen LogP contribution is 2.32.